The van der Waals surface area contributed by atoms with Gasteiger partial charge in [-0.15, -0.1) is 0 Å². The summed E-state index contributed by atoms with van der Waals surface area (Å²) in [5.41, 5.74) is 1.87. The maximum absolute atomic E-state index is 13.5. The zero-order chi connectivity index (χ0) is 25.5. The largest absolute Gasteiger partial charge is 0.361 e. The molecule has 0 bridgehead atoms. The van der Waals surface area contributed by atoms with Crippen molar-refractivity contribution in [2.45, 2.75) is 84.3 Å². The number of para-hydroxylation sites is 1. The highest BCUT2D eigenvalue weighted by Crippen LogP contribution is 2.21. The van der Waals surface area contributed by atoms with Gasteiger partial charge in [0.1, 0.15) is 6.04 Å². The molecule has 3 amide bonds. The van der Waals surface area contributed by atoms with Gasteiger partial charge in [0, 0.05) is 48.3 Å². The number of ketones is 1. The molecule has 0 unspecified atom stereocenters. The van der Waals surface area contributed by atoms with E-state index >= 15 is 0 Å². The Hall–Kier alpha value is -3.16. The number of hydrogen-bond donors (Lipinski definition) is 4. The van der Waals surface area contributed by atoms with Crippen molar-refractivity contribution in [3.63, 3.8) is 0 Å². The van der Waals surface area contributed by atoms with Crippen LogP contribution in [0.15, 0.2) is 30.5 Å². The summed E-state index contributed by atoms with van der Waals surface area (Å²) in [6.45, 7) is 7.66. The Kier molecular flexibility index (Phi) is 9.07. The van der Waals surface area contributed by atoms with Crippen LogP contribution in [0.2, 0.25) is 0 Å². The van der Waals surface area contributed by atoms with Crippen LogP contribution >= 0.6 is 0 Å². The van der Waals surface area contributed by atoms with Gasteiger partial charge in [-0.1, -0.05) is 45.4 Å². The molecule has 3 rings (SSSR count). The van der Waals surface area contributed by atoms with E-state index in [1.807, 2.05) is 51.2 Å². The summed E-state index contributed by atoms with van der Waals surface area (Å²) in [6.07, 6.45) is 4.11. The maximum Gasteiger partial charge on any atom is 0.243 e. The second-order valence-corrected chi connectivity index (χ2v) is 10.1. The number of rotatable bonds is 6. The highest BCUT2D eigenvalue weighted by Gasteiger charge is 2.31. The van der Waals surface area contributed by atoms with Gasteiger partial charge in [-0.05, 0) is 37.3 Å². The lowest BCUT2D eigenvalue weighted by Gasteiger charge is -2.25. The van der Waals surface area contributed by atoms with Crippen LogP contribution in [0.3, 0.4) is 0 Å². The third-order valence-electron chi connectivity index (χ3n) is 6.58. The number of nitrogens with one attached hydrogen (secondary N) is 4. The molecule has 1 saturated heterocycles. The van der Waals surface area contributed by atoms with E-state index in [-0.39, 0.29) is 42.3 Å². The van der Waals surface area contributed by atoms with Crippen LogP contribution in [0.1, 0.15) is 65.4 Å². The number of hydrogen-bond acceptors (Lipinski definition) is 4. The van der Waals surface area contributed by atoms with E-state index in [2.05, 4.69) is 20.9 Å². The number of fused-ring (bicyclic) bond motifs is 1. The Bertz CT molecular complexity index is 1060. The second-order valence-electron chi connectivity index (χ2n) is 10.1. The molecule has 4 N–H and O–H groups in total. The van der Waals surface area contributed by atoms with Gasteiger partial charge in [-0.3, -0.25) is 19.2 Å². The first kappa shape index (κ1) is 26.4. The molecule has 190 valence electrons. The smallest absolute Gasteiger partial charge is 0.243 e. The highest BCUT2D eigenvalue weighted by molar-refractivity contribution is 5.95. The van der Waals surface area contributed by atoms with Gasteiger partial charge in [-0.25, -0.2) is 0 Å². The summed E-state index contributed by atoms with van der Waals surface area (Å²) in [5, 5.41) is 9.70. The average molecular weight is 483 g/mol. The predicted molar refractivity (Wildman–Crippen MR) is 136 cm³/mol. The number of carbonyl (C=O) groups is 4. The molecular weight excluding hydrogens is 444 g/mol. The molecule has 2 heterocycles. The Labute approximate surface area is 207 Å². The monoisotopic (exact) mass is 482 g/mol. The fourth-order valence-electron chi connectivity index (χ4n) is 4.78. The van der Waals surface area contributed by atoms with E-state index in [0.29, 0.717) is 19.3 Å². The fourth-order valence-corrected chi connectivity index (χ4v) is 4.78. The average Bonchev–Trinajstić information content (AvgIpc) is 3.19. The van der Waals surface area contributed by atoms with Gasteiger partial charge in [0.2, 0.25) is 17.7 Å². The lowest BCUT2D eigenvalue weighted by Crippen LogP contribution is -2.52. The zero-order valence-electron chi connectivity index (χ0n) is 21.1. The van der Waals surface area contributed by atoms with Crippen molar-refractivity contribution in [2.24, 2.45) is 11.8 Å². The minimum Gasteiger partial charge on any atom is -0.361 e. The first-order chi connectivity index (χ1) is 16.7. The number of H-pyrrole nitrogens is 1. The maximum atomic E-state index is 13.5. The third-order valence-corrected chi connectivity index (χ3v) is 6.58. The molecule has 0 saturated carbocycles. The van der Waals surface area contributed by atoms with E-state index in [4.69, 9.17) is 0 Å². The number of amides is 3. The Morgan fingerprint density at radius 3 is 2.43 bits per heavy atom. The van der Waals surface area contributed by atoms with Crippen molar-refractivity contribution >= 4 is 34.4 Å². The molecule has 1 aliphatic rings. The molecule has 1 aromatic heterocycles. The van der Waals surface area contributed by atoms with E-state index in [9.17, 15) is 19.2 Å². The van der Waals surface area contributed by atoms with Crippen molar-refractivity contribution in [3.05, 3.63) is 36.0 Å². The molecule has 8 nitrogen and oxygen atoms in total. The van der Waals surface area contributed by atoms with Crippen molar-refractivity contribution in [2.75, 3.05) is 0 Å². The fraction of sp³-hybridized carbons (Fsp3) is 0.556. The molecular formula is C27H38N4O4. The van der Waals surface area contributed by atoms with Gasteiger partial charge in [0.05, 0.1) is 6.04 Å². The Morgan fingerprint density at radius 2 is 1.71 bits per heavy atom. The van der Waals surface area contributed by atoms with E-state index in [0.717, 1.165) is 22.9 Å². The van der Waals surface area contributed by atoms with Crippen LogP contribution in [0.4, 0.5) is 0 Å². The van der Waals surface area contributed by atoms with Gasteiger partial charge < -0.3 is 20.9 Å². The summed E-state index contributed by atoms with van der Waals surface area (Å²) in [5.74, 6) is -1.40. The quantitative estimate of drug-likeness (QED) is 0.506. The van der Waals surface area contributed by atoms with Gasteiger partial charge >= 0.3 is 0 Å². The molecule has 0 spiro atoms. The van der Waals surface area contributed by atoms with E-state index in [1.165, 1.54) is 0 Å². The number of aromatic amines is 1. The predicted octanol–water partition coefficient (Wildman–Crippen LogP) is 3.01. The highest BCUT2D eigenvalue weighted by atomic mass is 16.2. The molecule has 2 aromatic rings. The van der Waals surface area contributed by atoms with Gasteiger partial charge in [0.15, 0.2) is 5.78 Å². The topological polar surface area (TPSA) is 120 Å². The zero-order valence-corrected chi connectivity index (χ0v) is 21.1. The number of aromatic nitrogens is 1. The molecule has 0 radical (unpaired) electrons. The number of Topliss-reactive ketones (excluding diaryl/α,β-unsaturated/α-hetero) is 1. The lowest BCUT2D eigenvalue weighted by molar-refractivity contribution is -0.133. The molecule has 8 heteroatoms. The molecule has 4 atom stereocenters. The van der Waals surface area contributed by atoms with E-state index < -0.39 is 24.0 Å². The summed E-state index contributed by atoms with van der Waals surface area (Å²) >= 11 is 0. The van der Waals surface area contributed by atoms with Crippen LogP contribution in [0, 0.1) is 11.8 Å². The molecule has 35 heavy (non-hydrogen) atoms. The van der Waals surface area contributed by atoms with Crippen LogP contribution in [-0.2, 0) is 25.6 Å². The first-order valence-corrected chi connectivity index (χ1v) is 12.7. The summed E-state index contributed by atoms with van der Waals surface area (Å²) in [6, 6.07) is 5.89. The van der Waals surface area contributed by atoms with Crippen LogP contribution in [0.25, 0.3) is 10.9 Å². The number of benzene rings is 1. The summed E-state index contributed by atoms with van der Waals surface area (Å²) < 4.78 is 0. The Balaban J connectivity index is 1.94. The van der Waals surface area contributed by atoms with Crippen molar-refractivity contribution in [1.29, 1.82) is 0 Å². The van der Waals surface area contributed by atoms with Crippen molar-refractivity contribution in [3.8, 4) is 0 Å². The standard InChI is InChI=1S/C27H38N4O4/c1-5-8-18-13-24(32)17(4)29-25(33)14-20(11-16(2)3)30-27(35)23(31-26(18)34)12-19-15-28-22-10-7-6-9-21(19)22/h6-7,9-10,15-18,20,23,28H,5,8,11-14H2,1-4H3,(H,29,33)(H,30,35)(H,31,34)/t17-,18+,20-,23-/m0/s1. The third kappa shape index (κ3) is 7.16. The SMILES string of the molecule is CCC[C@@H]1CC(=O)[C@H](C)NC(=O)C[C@H](CC(C)C)NC(=O)[C@H](Cc2c[nH]c3ccccc23)NC1=O. The minimum atomic E-state index is -0.827. The first-order valence-electron chi connectivity index (χ1n) is 12.7. The molecule has 1 aromatic carbocycles. The van der Waals surface area contributed by atoms with Crippen molar-refractivity contribution < 1.29 is 19.2 Å². The summed E-state index contributed by atoms with van der Waals surface area (Å²) in [4.78, 5) is 55.5. The van der Waals surface area contributed by atoms with E-state index in [1.54, 1.807) is 6.92 Å². The normalized spacial score (nSPS) is 24.8. The lowest BCUT2D eigenvalue weighted by atomic mass is 9.93. The van der Waals surface area contributed by atoms with Crippen molar-refractivity contribution in [1.82, 2.24) is 20.9 Å². The molecule has 1 aliphatic heterocycles. The minimum absolute atomic E-state index is 0.0258. The Morgan fingerprint density at radius 1 is 0.971 bits per heavy atom. The summed E-state index contributed by atoms with van der Waals surface area (Å²) in [7, 11) is 0. The van der Waals surface area contributed by atoms with Crippen LogP contribution in [0.5, 0.6) is 0 Å². The second kappa shape index (κ2) is 12.0. The molecule has 1 fully saturated rings. The van der Waals surface area contributed by atoms with Crippen LogP contribution in [-0.4, -0.2) is 46.6 Å². The number of carbonyl (C=O) groups excluding carboxylic acids is 4. The molecule has 0 aliphatic carbocycles. The van der Waals surface area contributed by atoms with Gasteiger partial charge in [0.25, 0.3) is 0 Å². The van der Waals surface area contributed by atoms with Crippen LogP contribution < -0.4 is 16.0 Å². The van der Waals surface area contributed by atoms with Gasteiger partial charge in [-0.2, -0.15) is 0 Å².